The molecule has 5 heteroatoms. The summed E-state index contributed by atoms with van der Waals surface area (Å²) in [6, 6.07) is 7.46. The molecule has 1 aromatic carbocycles. The van der Waals surface area contributed by atoms with Gasteiger partial charge in [-0.2, -0.15) is 5.10 Å². The molecule has 90 valence electrons. The molecule has 2 aromatic rings. The van der Waals surface area contributed by atoms with Gasteiger partial charge in [0.25, 0.3) is 0 Å². The average molecular weight is 252 g/mol. The van der Waals surface area contributed by atoms with Crippen LogP contribution in [-0.4, -0.2) is 16.9 Å². The van der Waals surface area contributed by atoms with Gasteiger partial charge < -0.3 is 10.5 Å². The number of nitrogens with zero attached hydrogens (tertiary/aromatic N) is 2. The number of hydrogen-bond donors (Lipinski definition) is 1. The topological polar surface area (TPSA) is 53.1 Å². The number of halogens is 1. The second kappa shape index (κ2) is 4.77. The van der Waals surface area contributed by atoms with Gasteiger partial charge in [-0.15, -0.1) is 0 Å². The predicted octanol–water partition coefficient (Wildman–Crippen LogP) is 2.21. The zero-order chi connectivity index (χ0) is 12.4. The zero-order valence-corrected chi connectivity index (χ0v) is 10.5. The number of hydrogen-bond acceptors (Lipinski definition) is 3. The maximum absolute atomic E-state index is 6.19. The van der Waals surface area contributed by atoms with Crippen LogP contribution in [-0.2, 0) is 13.6 Å². The predicted molar refractivity (Wildman–Crippen MR) is 68.1 cm³/mol. The lowest BCUT2D eigenvalue weighted by Crippen LogP contribution is -2.03. The number of aromatic nitrogens is 2. The third-order valence-electron chi connectivity index (χ3n) is 2.64. The molecule has 1 aromatic heterocycles. The molecule has 0 aliphatic heterocycles. The Bertz CT molecular complexity index is 537. The van der Waals surface area contributed by atoms with Gasteiger partial charge in [0.1, 0.15) is 5.75 Å². The molecular formula is C12H14ClN3O. The highest BCUT2D eigenvalue weighted by atomic mass is 35.5. The van der Waals surface area contributed by atoms with E-state index in [9.17, 15) is 0 Å². The fourth-order valence-electron chi connectivity index (χ4n) is 1.66. The van der Waals surface area contributed by atoms with Crippen LogP contribution in [0.5, 0.6) is 5.75 Å². The molecule has 0 saturated carbocycles. The molecule has 2 N–H and O–H groups in total. The van der Waals surface area contributed by atoms with E-state index in [0.29, 0.717) is 11.6 Å². The van der Waals surface area contributed by atoms with E-state index in [1.54, 1.807) is 17.9 Å². The van der Waals surface area contributed by atoms with E-state index >= 15 is 0 Å². The molecule has 0 atom stereocenters. The lowest BCUT2D eigenvalue weighted by atomic mass is 10.1. The molecule has 4 nitrogen and oxygen atoms in total. The van der Waals surface area contributed by atoms with E-state index in [1.807, 2.05) is 25.2 Å². The summed E-state index contributed by atoms with van der Waals surface area (Å²) in [5, 5.41) is 5.00. The van der Waals surface area contributed by atoms with E-state index in [0.717, 1.165) is 22.7 Å². The van der Waals surface area contributed by atoms with Crippen molar-refractivity contribution in [3.05, 3.63) is 35.0 Å². The van der Waals surface area contributed by atoms with Gasteiger partial charge >= 0.3 is 0 Å². The fourth-order valence-corrected chi connectivity index (χ4v) is 1.93. The quantitative estimate of drug-likeness (QED) is 0.910. The molecule has 0 amide bonds. The van der Waals surface area contributed by atoms with Crippen LogP contribution in [0.4, 0.5) is 0 Å². The summed E-state index contributed by atoms with van der Waals surface area (Å²) in [5.74, 6) is 0.730. The SMILES string of the molecule is COc1ccc(-c2cc(CN)n(C)n2)c(Cl)c1. The minimum atomic E-state index is 0.456. The minimum Gasteiger partial charge on any atom is -0.497 e. The third kappa shape index (κ3) is 2.28. The van der Waals surface area contributed by atoms with E-state index in [2.05, 4.69) is 5.10 Å². The van der Waals surface area contributed by atoms with Gasteiger partial charge in [0, 0.05) is 19.2 Å². The Kier molecular flexibility index (Phi) is 3.36. The van der Waals surface area contributed by atoms with Crippen molar-refractivity contribution in [2.75, 3.05) is 7.11 Å². The molecule has 0 aliphatic carbocycles. The molecule has 0 spiro atoms. The Morgan fingerprint density at radius 1 is 1.41 bits per heavy atom. The van der Waals surface area contributed by atoms with Gasteiger partial charge in [-0.3, -0.25) is 4.68 Å². The summed E-state index contributed by atoms with van der Waals surface area (Å²) in [6.45, 7) is 0.456. The molecule has 2 rings (SSSR count). The standard InChI is InChI=1S/C12H14ClN3O/c1-16-8(7-14)5-12(15-16)10-4-3-9(17-2)6-11(10)13/h3-6H,7,14H2,1-2H3. The molecule has 0 aliphatic rings. The summed E-state index contributed by atoms with van der Waals surface area (Å²) in [4.78, 5) is 0. The Hall–Kier alpha value is -1.52. The van der Waals surface area contributed by atoms with Crippen molar-refractivity contribution in [2.24, 2.45) is 12.8 Å². The first-order chi connectivity index (χ1) is 8.15. The number of nitrogens with two attached hydrogens (primary N) is 1. The highest BCUT2D eigenvalue weighted by Crippen LogP contribution is 2.30. The summed E-state index contributed by atoms with van der Waals surface area (Å²) < 4.78 is 6.87. The smallest absolute Gasteiger partial charge is 0.120 e. The number of ether oxygens (including phenoxy) is 1. The maximum Gasteiger partial charge on any atom is 0.120 e. The number of methoxy groups -OCH3 is 1. The van der Waals surface area contributed by atoms with Crippen LogP contribution >= 0.6 is 11.6 Å². The van der Waals surface area contributed by atoms with Crippen LogP contribution < -0.4 is 10.5 Å². The number of benzene rings is 1. The van der Waals surface area contributed by atoms with E-state index in [1.165, 1.54) is 0 Å². The Morgan fingerprint density at radius 3 is 2.71 bits per heavy atom. The van der Waals surface area contributed by atoms with Crippen molar-refractivity contribution in [1.82, 2.24) is 9.78 Å². The van der Waals surface area contributed by atoms with Crippen LogP contribution in [0.1, 0.15) is 5.69 Å². The second-order valence-electron chi connectivity index (χ2n) is 3.69. The molecule has 0 saturated heterocycles. The van der Waals surface area contributed by atoms with Crippen molar-refractivity contribution < 1.29 is 4.74 Å². The molecule has 0 fully saturated rings. The molecular weight excluding hydrogens is 238 g/mol. The highest BCUT2D eigenvalue weighted by Gasteiger charge is 2.10. The molecule has 0 radical (unpaired) electrons. The van der Waals surface area contributed by atoms with Crippen molar-refractivity contribution in [2.45, 2.75) is 6.54 Å². The first-order valence-electron chi connectivity index (χ1n) is 5.22. The summed E-state index contributed by atoms with van der Waals surface area (Å²) in [6.07, 6.45) is 0. The molecule has 0 bridgehead atoms. The second-order valence-corrected chi connectivity index (χ2v) is 4.10. The van der Waals surface area contributed by atoms with E-state index in [4.69, 9.17) is 22.1 Å². The van der Waals surface area contributed by atoms with E-state index in [-0.39, 0.29) is 0 Å². The molecule has 0 unspecified atom stereocenters. The van der Waals surface area contributed by atoms with E-state index < -0.39 is 0 Å². The van der Waals surface area contributed by atoms with Crippen LogP contribution in [0.2, 0.25) is 5.02 Å². The zero-order valence-electron chi connectivity index (χ0n) is 9.77. The average Bonchev–Trinajstić information content (AvgIpc) is 2.70. The van der Waals surface area contributed by atoms with Crippen LogP contribution in [0, 0.1) is 0 Å². The third-order valence-corrected chi connectivity index (χ3v) is 2.95. The minimum absolute atomic E-state index is 0.456. The monoisotopic (exact) mass is 251 g/mol. The van der Waals surface area contributed by atoms with Crippen molar-refractivity contribution in [3.63, 3.8) is 0 Å². The lowest BCUT2D eigenvalue weighted by Gasteiger charge is -2.03. The molecule has 1 heterocycles. The normalized spacial score (nSPS) is 10.6. The Morgan fingerprint density at radius 2 is 2.18 bits per heavy atom. The Balaban J connectivity index is 2.45. The van der Waals surface area contributed by atoms with Gasteiger partial charge in [0.2, 0.25) is 0 Å². The van der Waals surface area contributed by atoms with Gasteiger partial charge in [-0.25, -0.2) is 0 Å². The van der Waals surface area contributed by atoms with Crippen LogP contribution in [0.3, 0.4) is 0 Å². The highest BCUT2D eigenvalue weighted by molar-refractivity contribution is 6.33. The summed E-state index contributed by atoms with van der Waals surface area (Å²) in [5.41, 5.74) is 8.27. The van der Waals surface area contributed by atoms with Crippen molar-refractivity contribution in [3.8, 4) is 17.0 Å². The van der Waals surface area contributed by atoms with Gasteiger partial charge in [-0.05, 0) is 24.3 Å². The summed E-state index contributed by atoms with van der Waals surface area (Å²) >= 11 is 6.19. The summed E-state index contributed by atoms with van der Waals surface area (Å²) in [7, 11) is 3.47. The Labute approximate surface area is 105 Å². The number of aryl methyl sites for hydroxylation is 1. The van der Waals surface area contributed by atoms with Gasteiger partial charge in [0.15, 0.2) is 0 Å². The maximum atomic E-state index is 6.19. The van der Waals surface area contributed by atoms with Gasteiger partial charge in [-0.1, -0.05) is 11.6 Å². The fraction of sp³-hybridized carbons (Fsp3) is 0.250. The molecule has 17 heavy (non-hydrogen) atoms. The first kappa shape index (κ1) is 12.0. The first-order valence-corrected chi connectivity index (χ1v) is 5.60. The largest absolute Gasteiger partial charge is 0.497 e. The van der Waals surface area contributed by atoms with Crippen LogP contribution in [0.15, 0.2) is 24.3 Å². The lowest BCUT2D eigenvalue weighted by molar-refractivity contribution is 0.415. The van der Waals surface area contributed by atoms with Crippen molar-refractivity contribution >= 4 is 11.6 Å². The van der Waals surface area contributed by atoms with Crippen LogP contribution in [0.25, 0.3) is 11.3 Å². The van der Waals surface area contributed by atoms with Gasteiger partial charge in [0.05, 0.1) is 23.5 Å². The van der Waals surface area contributed by atoms with Crippen molar-refractivity contribution in [1.29, 1.82) is 0 Å². The number of rotatable bonds is 3.